The van der Waals surface area contributed by atoms with E-state index in [4.69, 9.17) is 0 Å². The average molecular weight is 294 g/mol. The van der Waals surface area contributed by atoms with Gasteiger partial charge in [0.1, 0.15) is 0 Å². The third kappa shape index (κ3) is 4.11. The molecule has 0 aliphatic heterocycles. The highest BCUT2D eigenvalue weighted by atomic mass is 35.5. The van der Waals surface area contributed by atoms with E-state index >= 15 is 0 Å². The SMILES string of the molecule is CNC1CCC(c2cccc(C(F)(F)F)c2)CC1.Cl. The molecule has 5 heteroatoms. The van der Waals surface area contributed by atoms with E-state index in [1.807, 2.05) is 13.1 Å². The van der Waals surface area contributed by atoms with Crippen molar-refractivity contribution in [1.29, 1.82) is 0 Å². The van der Waals surface area contributed by atoms with E-state index < -0.39 is 11.7 Å². The maximum absolute atomic E-state index is 12.6. The molecule has 108 valence electrons. The van der Waals surface area contributed by atoms with Crippen molar-refractivity contribution < 1.29 is 13.2 Å². The zero-order valence-corrected chi connectivity index (χ0v) is 11.7. The molecule has 0 atom stereocenters. The fraction of sp³-hybridized carbons (Fsp3) is 0.571. The van der Waals surface area contributed by atoms with Gasteiger partial charge in [-0.15, -0.1) is 12.4 Å². The molecule has 1 aromatic rings. The first kappa shape index (κ1) is 16.3. The molecule has 1 fully saturated rings. The van der Waals surface area contributed by atoms with E-state index in [0.29, 0.717) is 6.04 Å². The van der Waals surface area contributed by atoms with Crippen LogP contribution in [0.4, 0.5) is 13.2 Å². The van der Waals surface area contributed by atoms with Crippen LogP contribution in [-0.4, -0.2) is 13.1 Å². The second-order valence-corrected chi connectivity index (χ2v) is 4.96. The second kappa shape index (κ2) is 6.62. The first-order chi connectivity index (χ1) is 8.50. The third-order valence-electron chi connectivity index (χ3n) is 3.82. The van der Waals surface area contributed by atoms with Crippen LogP contribution >= 0.6 is 12.4 Å². The van der Waals surface area contributed by atoms with Crippen molar-refractivity contribution in [1.82, 2.24) is 5.32 Å². The highest BCUT2D eigenvalue weighted by molar-refractivity contribution is 5.85. The molecule has 1 saturated carbocycles. The van der Waals surface area contributed by atoms with Gasteiger partial charge in [-0.3, -0.25) is 0 Å². The molecule has 1 nitrogen and oxygen atoms in total. The van der Waals surface area contributed by atoms with Crippen LogP contribution < -0.4 is 5.32 Å². The van der Waals surface area contributed by atoms with Gasteiger partial charge >= 0.3 is 6.18 Å². The molecule has 1 aromatic carbocycles. The van der Waals surface area contributed by atoms with Gasteiger partial charge in [-0.25, -0.2) is 0 Å². The van der Waals surface area contributed by atoms with E-state index in [1.165, 1.54) is 12.1 Å². The quantitative estimate of drug-likeness (QED) is 0.853. The smallest absolute Gasteiger partial charge is 0.317 e. The highest BCUT2D eigenvalue weighted by Crippen LogP contribution is 2.36. The summed E-state index contributed by atoms with van der Waals surface area (Å²) in [6.45, 7) is 0. The summed E-state index contributed by atoms with van der Waals surface area (Å²) < 4.78 is 37.9. The first-order valence-corrected chi connectivity index (χ1v) is 6.35. The summed E-state index contributed by atoms with van der Waals surface area (Å²) in [4.78, 5) is 0. The zero-order valence-electron chi connectivity index (χ0n) is 10.8. The summed E-state index contributed by atoms with van der Waals surface area (Å²) in [5.41, 5.74) is 0.301. The Morgan fingerprint density at radius 3 is 2.26 bits per heavy atom. The molecule has 1 N–H and O–H groups in total. The van der Waals surface area contributed by atoms with Gasteiger partial charge in [0.25, 0.3) is 0 Å². The van der Waals surface area contributed by atoms with E-state index in [2.05, 4.69) is 5.32 Å². The Morgan fingerprint density at radius 2 is 1.74 bits per heavy atom. The minimum atomic E-state index is -4.24. The van der Waals surface area contributed by atoms with E-state index in [-0.39, 0.29) is 18.3 Å². The van der Waals surface area contributed by atoms with Gasteiger partial charge in [0.05, 0.1) is 5.56 Å². The molecule has 0 amide bonds. The molecule has 0 heterocycles. The fourth-order valence-corrected chi connectivity index (χ4v) is 2.68. The van der Waals surface area contributed by atoms with Crippen LogP contribution in [0, 0.1) is 0 Å². The van der Waals surface area contributed by atoms with Crippen LogP contribution in [0.15, 0.2) is 24.3 Å². The van der Waals surface area contributed by atoms with Gasteiger partial charge in [-0.1, -0.05) is 18.2 Å². The molecule has 0 unspecified atom stereocenters. The maximum atomic E-state index is 12.6. The largest absolute Gasteiger partial charge is 0.416 e. The molecule has 1 aliphatic carbocycles. The van der Waals surface area contributed by atoms with Crippen LogP contribution in [-0.2, 0) is 6.18 Å². The Hall–Kier alpha value is -0.740. The monoisotopic (exact) mass is 293 g/mol. The van der Waals surface area contributed by atoms with Crippen LogP contribution in [0.2, 0.25) is 0 Å². The van der Waals surface area contributed by atoms with Crippen molar-refractivity contribution in [2.24, 2.45) is 0 Å². The van der Waals surface area contributed by atoms with Crippen molar-refractivity contribution in [2.45, 2.75) is 43.8 Å². The van der Waals surface area contributed by atoms with Crippen LogP contribution in [0.25, 0.3) is 0 Å². The van der Waals surface area contributed by atoms with Crippen molar-refractivity contribution in [2.75, 3.05) is 7.05 Å². The van der Waals surface area contributed by atoms with Gasteiger partial charge in [0, 0.05) is 6.04 Å². The van der Waals surface area contributed by atoms with Crippen molar-refractivity contribution in [3.63, 3.8) is 0 Å². The first-order valence-electron chi connectivity index (χ1n) is 6.35. The van der Waals surface area contributed by atoms with E-state index in [1.54, 1.807) is 0 Å². The van der Waals surface area contributed by atoms with Gasteiger partial charge in [0.15, 0.2) is 0 Å². The number of hydrogen-bond donors (Lipinski definition) is 1. The van der Waals surface area contributed by atoms with E-state index in [0.717, 1.165) is 37.3 Å². The summed E-state index contributed by atoms with van der Waals surface area (Å²) in [7, 11) is 1.94. The molecule has 0 bridgehead atoms. The van der Waals surface area contributed by atoms with Crippen molar-refractivity contribution >= 4 is 12.4 Å². The number of benzene rings is 1. The molecule has 1 aliphatic rings. The second-order valence-electron chi connectivity index (χ2n) is 4.96. The molecule has 0 aromatic heterocycles. The Kier molecular flexibility index (Phi) is 5.68. The Labute approximate surface area is 118 Å². The summed E-state index contributed by atoms with van der Waals surface area (Å²) in [5.74, 6) is 0.275. The average Bonchev–Trinajstić information content (AvgIpc) is 2.38. The summed E-state index contributed by atoms with van der Waals surface area (Å²) >= 11 is 0. The van der Waals surface area contributed by atoms with Gasteiger partial charge in [-0.2, -0.15) is 13.2 Å². The lowest BCUT2D eigenvalue weighted by atomic mass is 9.81. The molecule has 19 heavy (non-hydrogen) atoms. The van der Waals surface area contributed by atoms with Crippen molar-refractivity contribution in [3.8, 4) is 0 Å². The Morgan fingerprint density at radius 1 is 1.11 bits per heavy atom. The Balaban J connectivity index is 0.00000180. The number of rotatable bonds is 2. The lowest BCUT2D eigenvalue weighted by Crippen LogP contribution is -2.29. The van der Waals surface area contributed by atoms with Crippen LogP contribution in [0.1, 0.15) is 42.7 Å². The van der Waals surface area contributed by atoms with Crippen molar-refractivity contribution in [3.05, 3.63) is 35.4 Å². The zero-order chi connectivity index (χ0) is 13.2. The van der Waals surface area contributed by atoms with Crippen LogP contribution in [0.3, 0.4) is 0 Å². The van der Waals surface area contributed by atoms with Gasteiger partial charge in [0.2, 0.25) is 0 Å². The number of nitrogens with one attached hydrogen (secondary N) is 1. The molecule has 2 rings (SSSR count). The fourth-order valence-electron chi connectivity index (χ4n) is 2.68. The predicted molar refractivity (Wildman–Crippen MR) is 72.7 cm³/mol. The summed E-state index contributed by atoms with van der Waals surface area (Å²) in [5, 5.41) is 3.23. The normalized spacial score (nSPS) is 23.8. The molecule has 0 saturated heterocycles. The minimum absolute atomic E-state index is 0. The van der Waals surface area contributed by atoms with Crippen LogP contribution in [0.5, 0.6) is 0 Å². The molecular weight excluding hydrogens is 275 g/mol. The van der Waals surface area contributed by atoms with Gasteiger partial charge in [-0.05, 0) is 50.3 Å². The maximum Gasteiger partial charge on any atom is 0.416 e. The predicted octanol–water partition coefficient (Wildman–Crippen LogP) is 4.37. The lowest BCUT2D eigenvalue weighted by Gasteiger charge is -2.28. The van der Waals surface area contributed by atoms with E-state index in [9.17, 15) is 13.2 Å². The Bertz CT molecular complexity index is 398. The highest BCUT2D eigenvalue weighted by Gasteiger charge is 2.31. The standard InChI is InChI=1S/C14H18F3N.ClH/c1-18-13-7-5-10(6-8-13)11-3-2-4-12(9-11)14(15,16)17;/h2-4,9-10,13,18H,5-8H2,1H3;1H. The molecular formula is C14H19ClF3N. The number of halogens is 4. The summed E-state index contributed by atoms with van der Waals surface area (Å²) in [6, 6.07) is 6.31. The number of alkyl halides is 3. The third-order valence-corrected chi connectivity index (χ3v) is 3.82. The topological polar surface area (TPSA) is 12.0 Å². The molecule has 0 spiro atoms. The summed E-state index contributed by atoms with van der Waals surface area (Å²) in [6.07, 6.45) is -0.230. The lowest BCUT2D eigenvalue weighted by molar-refractivity contribution is -0.137. The van der Waals surface area contributed by atoms with Gasteiger partial charge < -0.3 is 5.32 Å². The number of hydrogen-bond acceptors (Lipinski definition) is 1. The minimum Gasteiger partial charge on any atom is -0.317 e. The molecule has 0 radical (unpaired) electrons.